The number of hydrogen-bond donors (Lipinski definition) is 4. The number of pyridine rings is 1. The molecule has 5 rings (SSSR count). The minimum atomic E-state index is -1.13. The van der Waals surface area contributed by atoms with Gasteiger partial charge in [0, 0.05) is 65.8 Å². The molecule has 1 aliphatic rings. The second-order valence-electron chi connectivity index (χ2n) is 16.5. The maximum absolute atomic E-state index is 14.7. The average Bonchev–Trinajstić information content (AvgIpc) is 3.55. The molecule has 0 fully saturated rings. The summed E-state index contributed by atoms with van der Waals surface area (Å²) in [7, 11) is 1.52. The summed E-state index contributed by atoms with van der Waals surface area (Å²) >= 11 is 11.8. The van der Waals surface area contributed by atoms with Crippen LogP contribution in [-0.2, 0) is 43.4 Å². The minimum absolute atomic E-state index is 0.00116. The van der Waals surface area contributed by atoms with Gasteiger partial charge in [0.1, 0.15) is 28.3 Å². The summed E-state index contributed by atoms with van der Waals surface area (Å²) in [6.45, 7) is 12.8. The Hall–Kier alpha value is -4.64. The van der Waals surface area contributed by atoms with Crippen molar-refractivity contribution in [1.29, 1.82) is 0 Å². The highest BCUT2D eigenvalue weighted by molar-refractivity contribution is 9.10. The number of halogens is 2. The molecule has 0 saturated heterocycles. The lowest BCUT2D eigenvalue weighted by molar-refractivity contribution is -0.142. The molecule has 3 atom stereocenters. The van der Waals surface area contributed by atoms with Crippen molar-refractivity contribution in [2.24, 2.45) is 0 Å². The van der Waals surface area contributed by atoms with Gasteiger partial charge in [-0.1, -0.05) is 63.6 Å². The molecule has 1 aliphatic heterocycles. The van der Waals surface area contributed by atoms with E-state index in [9.17, 15) is 24.0 Å². The van der Waals surface area contributed by atoms with E-state index in [1.54, 1.807) is 91.2 Å². The van der Waals surface area contributed by atoms with Crippen LogP contribution in [0.15, 0.2) is 75.3 Å². The number of nitrogens with zero attached hydrogens (tertiary/aromatic N) is 3. The van der Waals surface area contributed by atoms with E-state index in [0.29, 0.717) is 47.9 Å². The van der Waals surface area contributed by atoms with Crippen LogP contribution in [0.2, 0.25) is 5.02 Å². The maximum Gasteiger partial charge on any atom is 0.419 e. The fraction of sp³-hybridized carbons (Fsp3) is 0.442. The van der Waals surface area contributed by atoms with Gasteiger partial charge >= 0.3 is 12.2 Å². The monoisotopic (exact) mass is 925 g/mol. The predicted molar refractivity (Wildman–Crippen MR) is 235 cm³/mol. The van der Waals surface area contributed by atoms with E-state index in [2.05, 4.69) is 42.2 Å². The molecule has 0 aliphatic carbocycles. The van der Waals surface area contributed by atoms with E-state index >= 15 is 0 Å². The average molecular weight is 927 g/mol. The summed E-state index contributed by atoms with van der Waals surface area (Å²) in [6.07, 6.45) is 2.54. The first-order valence-corrected chi connectivity index (χ1v) is 21.7. The molecule has 322 valence electrons. The van der Waals surface area contributed by atoms with Crippen LogP contribution < -0.4 is 21.3 Å². The molecule has 0 unspecified atom stereocenters. The molecule has 4 aromatic rings. The largest absolute Gasteiger partial charge is 0.444 e. The van der Waals surface area contributed by atoms with E-state index in [0.717, 1.165) is 5.56 Å². The molecule has 60 heavy (non-hydrogen) atoms. The van der Waals surface area contributed by atoms with E-state index in [1.165, 1.54) is 28.3 Å². The maximum atomic E-state index is 14.7. The molecule has 2 aromatic carbocycles. The third kappa shape index (κ3) is 12.2. The molecule has 4 amide bonds. The van der Waals surface area contributed by atoms with Crippen LogP contribution in [-0.4, -0.2) is 87.3 Å². The quantitative estimate of drug-likeness (QED) is 0.143. The van der Waals surface area contributed by atoms with Crippen LogP contribution >= 0.6 is 39.3 Å². The van der Waals surface area contributed by atoms with Crippen LogP contribution in [0.3, 0.4) is 0 Å². The first kappa shape index (κ1) is 46.4. The van der Waals surface area contributed by atoms with Crippen molar-refractivity contribution in [3.05, 3.63) is 87.1 Å². The Bertz CT molecular complexity index is 2240. The number of alkyl carbamates (subject to hydrolysis) is 1. The molecule has 0 bridgehead atoms. The second-order valence-corrected chi connectivity index (χ2v) is 18.8. The van der Waals surface area contributed by atoms with Gasteiger partial charge in [0.15, 0.2) is 0 Å². The zero-order valence-electron chi connectivity index (χ0n) is 35.1. The van der Waals surface area contributed by atoms with Gasteiger partial charge in [-0.15, -0.1) is 0 Å². The Morgan fingerprint density at radius 3 is 2.42 bits per heavy atom. The first-order valence-electron chi connectivity index (χ1n) is 19.7. The first-order chi connectivity index (χ1) is 28.2. The number of fused-ring (bicyclic) bond motifs is 3. The lowest BCUT2D eigenvalue weighted by Crippen LogP contribution is -2.56. The molecular formula is C43H53BrClN7O7S. The number of benzene rings is 2. The van der Waals surface area contributed by atoms with Crippen LogP contribution in [0.4, 0.5) is 9.59 Å². The molecular weight excluding hydrogens is 874 g/mol. The molecule has 0 spiro atoms. The molecule has 0 radical (unpaired) electrons. The summed E-state index contributed by atoms with van der Waals surface area (Å²) in [6, 6.07) is 11.6. The third-order valence-corrected chi connectivity index (χ3v) is 11.9. The summed E-state index contributed by atoms with van der Waals surface area (Å²) in [4.78, 5) is 75.6. The van der Waals surface area contributed by atoms with Crippen molar-refractivity contribution in [3.8, 4) is 0 Å². The van der Waals surface area contributed by atoms with Gasteiger partial charge in [0.25, 0.3) is 0 Å². The SMILES string of the molecule is C[C@@H]1NCc2cccnc2Sc2c(Cl)ccc(Br)c2CNC(=O)[C@H](Cc2cn(C(=O)OC(C)(C)C)c3ccccc23)N(C)C(=O)[C@H](CCCNC(=O)OC(C)(C)C)NC1=O. The van der Waals surface area contributed by atoms with Gasteiger partial charge in [0.05, 0.1) is 16.6 Å². The number of carbonyl (C=O) groups excluding carboxylic acids is 5. The fourth-order valence-corrected chi connectivity index (χ4v) is 8.44. The van der Waals surface area contributed by atoms with Gasteiger partial charge in [-0.25, -0.2) is 14.6 Å². The second kappa shape index (κ2) is 19.8. The predicted octanol–water partition coefficient (Wildman–Crippen LogP) is 7.35. The molecule has 4 N–H and O–H groups in total. The van der Waals surface area contributed by atoms with E-state index in [-0.39, 0.29) is 32.5 Å². The van der Waals surface area contributed by atoms with Crippen molar-refractivity contribution in [2.45, 2.75) is 120 Å². The van der Waals surface area contributed by atoms with Crippen LogP contribution in [0.1, 0.15) is 78.0 Å². The number of likely N-dealkylation sites (N-methyl/N-ethyl adjacent to an activating group) is 1. The lowest BCUT2D eigenvalue weighted by Gasteiger charge is -2.31. The van der Waals surface area contributed by atoms with Crippen molar-refractivity contribution >= 4 is 80.1 Å². The van der Waals surface area contributed by atoms with Gasteiger partial charge < -0.3 is 35.6 Å². The third-order valence-electron chi connectivity index (χ3n) is 9.50. The van der Waals surface area contributed by atoms with Gasteiger partial charge in [-0.3, -0.25) is 19.0 Å². The zero-order chi connectivity index (χ0) is 43.9. The van der Waals surface area contributed by atoms with Crippen molar-refractivity contribution in [3.63, 3.8) is 0 Å². The highest BCUT2D eigenvalue weighted by atomic mass is 79.9. The minimum Gasteiger partial charge on any atom is -0.444 e. The Kier molecular flexibility index (Phi) is 15.3. The van der Waals surface area contributed by atoms with E-state index in [4.69, 9.17) is 21.1 Å². The van der Waals surface area contributed by atoms with Crippen LogP contribution in [0.25, 0.3) is 10.9 Å². The standard InChI is InChI=1S/C43H53BrClN7O7S/c1-25-36(53)50-32(15-12-20-47-40(56)58-42(2,3)4)39(55)51(8)34(21-27-24-52(41(57)59-43(5,6)7)33-16-10-9-14-28(27)33)37(54)49-23-29-30(44)17-18-31(45)35(29)60-38-26(22-48-25)13-11-19-46-38/h9-11,13-14,16-19,24-25,32,34,48H,12,15,20-23H2,1-8H3,(H,47,56)(H,49,54)(H,50,53)/t25-,32-,34-/m0/s1. The summed E-state index contributed by atoms with van der Waals surface area (Å²) in [5.41, 5.74) is 1.23. The van der Waals surface area contributed by atoms with Crippen molar-refractivity contribution < 1.29 is 33.4 Å². The Balaban J connectivity index is 1.56. The van der Waals surface area contributed by atoms with Gasteiger partial charge in [0.2, 0.25) is 17.7 Å². The highest BCUT2D eigenvalue weighted by Gasteiger charge is 2.34. The number of nitrogens with one attached hydrogen (secondary N) is 4. The fourth-order valence-electron chi connectivity index (χ4n) is 6.50. The Morgan fingerprint density at radius 2 is 1.70 bits per heavy atom. The smallest absolute Gasteiger partial charge is 0.419 e. The Morgan fingerprint density at radius 1 is 0.983 bits per heavy atom. The Labute approximate surface area is 368 Å². The molecule has 0 saturated carbocycles. The van der Waals surface area contributed by atoms with E-state index in [1.807, 2.05) is 18.2 Å². The van der Waals surface area contributed by atoms with Crippen molar-refractivity contribution in [2.75, 3.05) is 13.6 Å². The number of carbonyl (C=O) groups is 5. The van der Waals surface area contributed by atoms with E-state index < -0.39 is 59.2 Å². The topological polar surface area (TPSA) is 173 Å². The van der Waals surface area contributed by atoms with Gasteiger partial charge in [-0.2, -0.15) is 0 Å². The molecule has 2 aromatic heterocycles. The number of hydrogen-bond acceptors (Lipinski definition) is 10. The summed E-state index contributed by atoms with van der Waals surface area (Å²) < 4.78 is 13.2. The molecule has 3 heterocycles. The highest BCUT2D eigenvalue weighted by Crippen LogP contribution is 2.40. The normalized spacial score (nSPS) is 18.5. The van der Waals surface area contributed by atoms with Gasteiger partial charge in [-0.05, 0) is 96.7 Å². The summed E-state index contributed by atoms with van der Waals surface area (Å²) in [5, 5.41) is 13.7. The zero-order valence-corrected chi connectivity index (χ0v) is 38.3. The number of ether oxygens (including phenoxy) is 2. The summed E-state index contributed by atoms with van der Waals surface area (Å²) in [5.74, 6) is -1.46. The number of rotatable bonds is 6. The van der Waals surface area contributed by atoms with Crippen molar-refractivity contribution in [1.82, 2.24) is 35.7 Å². The molecule has 14 nitrogen and oxygen atoms in total. The van der Waals surface area contributed by atoms with Crippen LogP contribution in [0, 0.1) is 0 Å². The van der Waals surface area contributed by atoms with Crippen LogP contribution in [0.5, 0.6) is 0 Å². The number of aromatic nitrogens is 2. The lowest BCUT2D eigenvalue weighted by atomic mass is 10.0. The molecule has 17 heteroatoms. The number of para-hydroxylation sites is 1. The number of amides is 4.